The molecule has 19 heavy (non-hydrogen) atoms. The van der Waals surface area contributed by atoms with Crippen molar-refractivity contribution in [1.29, 1.82) is 0 Å². The molecule has 104 valence electrons. The molecule has 0 radical (unpaired) electrons. The molecule has 5 nitrogen and oxygen atoms in total. The lowest BCUT2D eigenvalue weighted by Gasteiger charge is -2.18. The largest absolute Gasteiger partial charge is 0.310 e. The Balaban J connectivity index is 2.23. The van der Waals surface area contributed by atoms with Crippen molar-refractivity contribution >= 4 is 47.3 Å². The average Bonchev–Trinajstić information content (AvgIpc) is 2.60. The first kappa shape index (κ1) is 14.7. The van der Waals surface area contributed by atoms with Gasteiger partial charge in [-0.2, -0.15) is 0 Å². The van der Waals surface area contributed by atoms with Crippen molar-refractivity contribution in [3.05, 3.63) is 22.4 Å². The molecule has 0 aromatic carbocycles. The number of rotatable bonds is 3. The standard InChI is InChI=1S/C11H12BrClN2O3S/c1-7-10(3-9(12)4-14-7)15-5-8(2-11(15)16)6-19(13,17)18/h3-4,8H,2,5-6H2,1H3. The monoisotopic (exact) mass is 366 g/mol. The van der Waals surface area contributed by atoms with Crippen LogP contribution in [0.4, 0.5) is 5.69 Å². The van der Waals surface area contributed by atoms with E-state index in [9.17, 15) is 13.2 Å². The SMILES string of the molecule is Cc1ncc(Br)cc1N1CC(CS(=O)(=O)Cl)CC1=O. The zero-order valence-corrected chi connectivity index (χ0v) is 13.3. The number of halogens is 2. The summed E-state index contributed by atoms with van der Waals surface area (Å²) in [6.07, 6.45) is 1.85. The van der Waals surface area contributed by atoms with Crippen LogP contribution in [0.1, 0.15) is 12.1 Å². The lowest BCUT2D eigenvalue weighted by atomic mass is 10.1. The van der Waals surface area contributed by atoms with Gasteiger partial charge in [0.15, 0.2) is 0 Å². The van der Waals surface area contributed by atoms with Crippen LogP contribution in [0.25, 0.3) is 0 Å². The zero-order chi connectivity index (χ0) is 14.2. The molecule has 1 aliphatic heterocycles. The summed E-state index contributed by atoms with van der Waals surface area (Å²) in [5.41, 5.74) is 1.43. The summed E-state index contributed by atoms with van der Waals surface area (Å²) in [4.78, 5) is 17.7. The number of pyridine rings is 1. The minimum Gasteiger partial charge on any atom is -0.310 e. The lowest BCUT2D eigenvalue weighted by molar-refractivity contribution is -0.117. The highest BCUT2D eigenvalue weighted by atomic mass is 79.9. The molecule has 1 saturated heterocycles. The van der Waals surface area contributed by atoms with Crippen molar-refractivity contribution in [3.63, 3.8) is 0 Å². The number of hydrogen-bond donors (Lipinski definition) is 0. The number of anilines is 1. The first-order chi connectivity index (χ1) is 8.76. The summed E-state index contributed by atoms with van der Waals surface area (Å²) >= 11 is 3.31. The molecular formula is C11H12BrClN2O3S. The molecular weight excluding hydrogens is 356 g/mol. The summed E-state index contributed by atoms with van der Waals surface area (Å²) < 4.78 is 22.9. The second-order valence-electron chi connectivity index (χ2n) is 4.54. The third-order valence-electron chi connectivity index (χ3n) is 2.96. The van der Waals surface area contributed by atoms with Crippen LogP contribution in [0.5, 0.6) is 0 Å². The minimum atomic E-state index is -3.59. The molecule has 1 aliphatic rings. The lowest BCUT2D eigenvalue weighted by Crippen LogP contribution is -2.26. The Morgan fingerprint density at radius 1 is 1.58 bits per heavy atom. The van der Waals surface area contributed by atoms with E-state index in [1.165, 1.54) is 0 Å². The van der Waals surface area contributed by atoms with Gasteiger partial charge in [0.25, 0.3) is 0 Å². The topological polar surface area (TPSA) is 67.3 Å². The van der Waals surface area contributed by atoms with Gasteiger partial charge in [-0.05, 0) is 28.9 Å². The molecule has 0 aliphatic carbocycles. The third-order valence-corrected chi connectivity index (χ3v) is 4.64. The predicted molar refractivity (Wildman–Crippen MR) is 76.8 cm³/mol. The van der Waals surface area contributed by atoms with E-state index in [0.717, 1.165) is 10.2 Å². The van der Waals surface area contributed by atoms with Crippen molar-refractivity contribution in [3.8, 4) is 0 Å². The van der Waals surface area contributed by atoms with Crippen molar-refractivity contribution in [2.45, 2.75) is 13.3 Å². The summed E-state index contributed by atoms with van der Waals surface area (Å²) in [5, 5.41) is 0. The van der Waals surface area contributed by atoms with Crippen molar-refractivity contribution in [1.82, 2.24) is 4.98 Å². The van der Waals surface area contributed by atoms with Crippen LogP contribution in [0.2, 0.25) is 0 Å². The molecule has 1 aromatic heterocycles. The van der Waals surface area contributed by atoms with Gasteiger partial charge in [0.2, 0.25) is 15.0 Å². The van der Waals surface area contributed by atoms with E-state index in [4.69, 9.17) is 10.7 Å². The Hall–Kier alpha value is -0.660. The molecule has 2 heterocycles. The van der Waals surface area contributed by atoms with E-state index in [-0.39, 0.29) is 24.0 Å². The Morgan fingerprint density at radius 2 is 2.26 bits per heavy atom. The fraction of sp³-hybridized carbons (Fsp3) is 0.455. The van der Waals surface area contributed by atoms with Crippen molar-refractivity contribution in [2.75, 3.05) is 17.2 Å². The highest BCUT2D eigenvalue weighted by Gasteiger charge is 2.34. The second-order valence-corrected chi connectivity index (χ2v) is 8.28. The third kappa shape index (κ3) is 3.67. The van der Waals surface area contributed by atoms with Crippen LogP contribution in [-0.4, -0.2) is 31.6 Å². The van der Waals surface area contributed by atoms with Crippen LogP contribution >= 0.6 is 26.6 Å². The van der Waals surface area contributed by atoms with Crippen LogP contribution in [0, 0.1) is 12.8 Å². The van der Waals surface area contributed by atoms with Crippen LogP contribution < -0.4 is 4.90 Å². The van der Waals surface area contributed by atoms with Gasteiger partial charge in [-0.15, -0.1) is 0 Å². The number of carbonyl (C=O) groups excluding carboxylic acids is 1. The molecule has 1 aromatic rings. The molecule has 1 amide bonds. The predicted octanol–water partition coefficient (Wildman–Crippen LogP) is 2.07. The van der Waals surface area contributed by atoms with Gasteiger partial charge in [-0.25, -0.2) is 8.42 Å². The van der Waals surface area contributed by atoms with E-state index < -0.39 is 9.05 Å². The molecule has 0 saturated carbocycles. The smallest absolute Gasteiger partial charge is 0.232 e. The fourth-order valence-corrected chi connectivity index (χ4v) is 3.82. The zero-order valence-electron chi connectivity index (χ0n) is 10.1. The number of nitrogens with zero attached hydrogens (tertiary/aromatic N) is 2. The molecule has 1 atom stereocenters. The molecule has 0 bridgehead atoms. The van der Waals surface area contributed by atoms with E-state index in [1.807, 2.05) is 0 Å². The Bertz CT molecular complexity index is 620. The van der Waals surface area contributed by atoms with Crippen LogP contribution in [0.3, 0.4) is 0 Å². The van der Waals surface area contributed by atoms with Crippen molar-refractivity contribution < 1.29 is 13.2 Å². The number of aromatic nitrogens is 1. The second kappa shape index (κ2) is 5.38. The highest BCUT2D eigenvalue weighted by Crippen LogP contribution is 2.29. The number of carbonyl (C=O) groups is 1. The van der Waals surface area contributed by atoms with Crippen molar-refractivity contribution in [2.24, 2.45) is 5.92 Å². The molecule has 1 fully saturated rings. The molecule has 2 rings (SSSR count). The van der Waals surface area contributed by atoms with E-state index in [1.54, 1.807) is 24.1 Å². The molecule has 0 spiro atoms. The Morgan fingerprint density at radius 3 is 2.89 bits per heavy atom. The van der Waals surface area contributed by atoms with Gasteiger partial charge in [-0.3, -0.25) is 9.78 Å². The molecule has 0 N–H and O–H groups in total. The summed E-state index contributed by atoms with van der Waals surface area (Å²) in [7, 11) is 1.65. The van der Waals surface area contributed by atoms with E-state index in [0.29, 0.717) is 12.2 Å². The number of hydrogen-bond acceptors (Lipinski definition) is 4. The minimum absolute atomic E-state index is 0.103. The summed E-state index contributed by atoms with van der Waals surface area (Å²) in [5.74, 6) is -0.557. The quantitative estimate of drug-likeness (QED) is 0.767. The van der Waals surface area contributed by atoms with Crippen LogP contribution in [-0.2, 0) is 13.8 Å². The van der Waals surface area contributed by atoms with Gasteiger partial charge in [0.1, 0.15) is 0 Å². The van der Waals surface area contributed by atoms with Gasteiger partial charge in [-0.1, -0.05) is 0 Å². The molecule has 8 heteroatoms. The maximum atomic E-state index is 12.0. The van der Waals surface area contributed by atoms with Gasteiger partial charge in [0.05, 0.1) is 17.1 Å². The maximum absolute atomic E-state index is 12.0. The van der Waals surface area contributed by atoms with Gasteiger partial charge < -0.3 is 4.90 Å². The normalized spacial score (nSPS) is 20.1. The summed E-state index contributed by atoms with van der Waals surface area (Å²) in [6.45, 7) is 2.16. The Kier molecular flexibility index (Phi) is 4.17. The van der Waals surface area contributed by atoms with E-state index in [2.05, 4.69) is 20.9 Å². The number of amides is 1. The van der Waals surface area contributed by atoms with Gasteiger partial charge in [0, 0.05) is 40.2 Å². The van der Waals surface area contributed by atoms with Crippen LogP contribution in [0.15, 0.2) is 16.7 Å². The highest BCUT2D eigenvalue weighted by molar-refractivity contribution is 9.10. The van der Waals surface area contributed by atoms with E-state index >= 15 is 0 Å². The first-order valence-electron chi connectivity index (χ1n) is 5.61. The fourth-order valence-electron chi connectivity index (χ4n) is 2.18. The Labute approximate surface area is 124 Å². The average molecular weight is 368 g/mol. The maximum Gasteiger partial charge on any atom is 0.232 e. The number of aryl methyl sites for hydroxylation is 1. The molecule has 1 unspecified atom stereocenters. The first-order valence-corrected chi connectivity index (χ1v) is 8.88. The summed E-state index contributed by atoms with van der Waals surface area (Å²) in [6, 6.07) is 1.80. The van der Waals surface area contributed by atoms with Gasteiger partial charge >= 0.3 is 0 Å².